The summed E-state index contributed by atoms with van der Waals surface area (Å²) in [4.78, 5) is 11.7. The number of carbonyl (C=O) groups excluding carboxylic acids is 1. The molecule has 0 bridgehead atoms. The van der Waals surface area contributed by atoms with Crippen molar-refractivity contribution in [2.24, 2.45) is 0 Å². The lowest BCUT2D eigenvalue weighted by Gasteiger charge is -2.20. The monoisotopic (exact) mass is 265 g/mol. The molecule has 0 saturated heterocycles. The van der Waals surface area contributed by atoms with Gasteiger partial charge in [0.05, 0.1) is 0 Å². The van der Waals surface area contributed by atoms with Gasteiger partial charge in [-0.2, -0.15) is 0 Å². The quantitative estimate of drug-likeness (QED) is 0.865. The van der Waals surface area contributed by atoms with Crippen LogP contribution in [0.4, 0.5) is 4.79 Å². The molecular formula is C15H27N3O. The van der Waals surface area contributed by atoms with Gasteiger partial charge in [-0.1, -0.05) is 0 Å². The van der Waals surface area contributed by atoms with Crippen LogP contribution in [-0.4, -0.2) is 16.1 Å². The molecule has 0 aliphatic rings. The Morgan fingerprint density at radius 2 is 1.89 bits per heavy atom. The maximum absolute atomic E-state index is 11.7. The topological polar surface area (TPSA) is 46.1 Å². The van der Waals surface area contributed by atoms with Gasteiger partial charge in [-0.05, 0) is 60.1 Å². The minimum atomic E-state index is -0.209. The fourth-order valence-electron chi connectivity index (χ4n) is 2.38. The number of nitrogens with zero attached hydrogens (tertiary/aromatic N) is 1. The fourth-order valence-corrected chi connectivity index (χ4v) is 2.38. The molecule has 0 spiro atoms. The van der Waals surface area contributed by atoms with Crippen molar-refractivity contribution in [1.82, 2.24) is 15.2 Å². The summed E-state index contributed by atoms with van der Waals surface area (Å²) in [6.45, 7) is 15.0. The van der Waals surface area contributed by atoms with E-state index in [2.05, 4.69) is 49.0 Å². The summed E-state index contributed by atoms with van der Waals surface area (Å²) in [5.74, 6) is 0. The van der Waals surface area contributed by atoms with Crippen molar-refractivity contribution in [2.75, 3.05) is 0 Å². The Balaban J connectivity index is 2.69. The largest absolute Gasteiger partial charge is 0.346 e. The molecule has 4 heteroatoms. The molecule has 19 heavy (non-hydrogen) atoms. The minimum Gasteiger partial charge on any atom is -0.346 e. The highest BCUT2D eigenvalue weighted by Crippen LogP contribution is 2.19. The van der Waals surface area contributed by atoms with Gasteiger partial charge >= 0.3 is 6.03 Å². The Kier molecular flexibility index (Phi) is 4.66. The average Bonchev–Trinajstić information content (AvgIpc) is 2.48. The van der Waals surface area contributed by atoms with Gasteiger partial charge in [0.25, 0.3) is 0 Å². The molecule has 4 nitrogen and oxygen atoms in total. The van der Waals surface area contributed by atoms with Crippen LogP contribution < -0.4 is 10.6 Å². The van der Waals surface area contributed by atoms with Gasteiger partial charge < -0.3 is 15.2 Å². The number of amides is 2. The molecule has 1 rings (SSSR count). The number of carbonyl (C=O) groups is 1. The first-order valence-corrected chi connectivity index (χ1v) is 6.85. The van der Waals surface area contributed by atoms with E-state index in [-0.39, 0.29) is 11.6 Å². The molecule has 0 unspecified atom stereocenters. The predicted molar refractivity (Wildman–Crippen MR) is 79.4 cm³/mol. The second kappa shape index (κ2) is 5.68. The number of urea groups is 1. The SMILES string of the molecule is Cc1cc(CNC(=O)NC(C)(C)C)c(C)n1C(C)C. The van der Waals surface area contributed by atoms with Crippen LogP contribution in [0.15, 0.2) is 6.07 Å². The van der Waals surface area contributed by atoms with E-state index in [1.54, 1.807) is 0 Å². The maximum Gasteiger partial charge on any atom is 0.315 e. The van der Waals surface area contributed by atoms with E-state index in [1.807, 2.05) is 20.8 Å². The Morgan fingerprint density at radius 3 is 2.32 bits per heavy atom. The number of hydrogen-bond acceptors (Lipinski definition) is 1. The minimum absolute atomic E-state index is 0.123. The standard InChI is InChI=1S/C15H27N3O/c1-10(2)18-11(3)8-13(12(18)4)9-16-14(19)17-15(5,6)7/h8,10H,9H2,1-7H3,(H2,16,17,19). The van der Waals surface area contributed by atoms with E-state index in [9.17, 15) is 4.79 Å². The van der Waals surface area contributed by atoms with Gasteiger partial charge in [0.2, 0.25) is 0 Å². The molecule has 2 N–H and O–H groups in total. The van der Waals surface area contributed by atoms with Crippen molar-refractivity contribution in [1.29, 1.82) is 0 Å². The van der Waals surface area contributed by atoms with Crippen molar-refractivity contribution in [3.8, 4) is 0 Å². The van der Waals surface area contributed by atoms with Crippen LogP contribution >= 0.6 is 0 Å². The number of rotatable bonds is 3. The average molecular weight is 265 g/mol. The molecule has 1 heterocycles. The molecule has 1 aromatic heterocycles. The van der Waals surface area contributed by atoms with E-state index in [0.29, 0.717) is 12.6 Å². The van der Waals surface area contributed by atoms with E-state index in [4.69, 9.17) is 0 Å². The van der Waals surface area contributed by atoms with Crippen LogP contribution in [0.1, 0.15) is 57.6 Å². The third kappa shape index (κ3) is 4.30. The van der Waals surface area contributed by atoms with Crippen LogP contribution in [-0.2, 0) is 6.54 Å². The van der Waals surface area contributed by atoms with E-state index in [0.717, 1.165) is 0 Å². The summed E-state index contributed by atoms with van der Waals surface area (Å²) in [5.41, 5.74) is 3.43. The Bertz CT molecular complexity index is 453. The van der Waals surface area contributed by atoms with Gasteiger partial charge in [0.15, 0.2) is 0 Å². The van der Waals surface area contributed by atoms with Gasteiger partial charge in [0, 0.05) is 29.5 Å². The first-order valence-electron chi connectivity index (χ1n) is 6.85. The van der Waals surface area contributed by atoms with Crippen molar-refractivity contribution in [2.45, 2.75) is 66.6 Å². The summed E-state index contributed by atoms with van der Waals surface area (Å²) in [6, 6.07) is 2.46. The number of aryl methyl sites for hydroxylation is 1. The van der Waals surface area contributed by atoms with Crippen molar-refractivity contribution >= 4 is 6.03 Å². The highest BCUT2D eigenvalue weighted by molar-refractivity contribution is 5.74. The van der Waals surface area contributed by atoms with Gasteiger partial charge in [-0.25, -0.2) is 4.79 Å². The van der Waals surface area contributed by atoms with E-state index in [1.165, 1.54) is 17.0 Å². The molecule has 2 amide bonds. The first-order chi connectivity index (χ1) is 8.61. The molecule has 0 radical (unpaired) electrons. The van der Waals surface area contributed by atoms with Crippen molar-refractivity contribution in [3.05, 3.63) is 23.0 Å². The number of nitrogens with one attached hydrogen (secondary N) is 2. The first kappa shape index (κ1) is 15.6. The smallest absolute Gasteiger partial charge is 0.315 e. The fraction of sp³-hybridized carbons (Fsp3) is 0.667. The lowest BCUT2D eigenvalue weighted by Crippen LogP contribution is -2.46. The zero-order chi connectivity index (χ0) is 14.8. The van der Waals surface area contributed by atoms with Crippen LogP contribution in [0, 0.1) is 13.8 Å². The van der Waals surface area contributed by atoms with Crippen LogP contribution in [0.2, 0.25) is 0 Å². The highest BCUT2D eigenvalue weighted by Gasteiger charge is 2.15. The van der Waals surface area contributed by atoms with Crippen LogP contribution in [0.3, 0.4) is 0 Å². The Hall–Kier alpha value is -1.45. The summed E-state index contributed by atoms with van der Waals surface area (Å²) >= 11 is 0. The van der Waals surface area contributed by atoms with Crippen molar-refractivity contribution < 1.29 is 4.79 Å². The molecule has 0 atom stereocenters. The number of aromatic nitrogens is 1. The zero-order valence-electron chi connectivity index (χ0n) is 13.2. The molecule has 0 aromatic carbocycles. The molecule has 108 valence electrons. The van der Waals surface area contributed by atoms with E-state index < -0.39 is 0 Å². The molecular weight excluding hydrogens is 238 g/mol. The second-order valence-electron chi connectivity index (χ2n) is 6.42. The molecule has 0 fully saturated rings. The van der Waals surface area contributed by atoms with Gasteiger partial charge in [0.1, 0.15) is 0 Å². The number of hydrogen-bond donors (Lipinski definition) is 2. The highest BCUT2D eigenvalue weighted by atomic mass is 16.2. The maximum atomic E-state index is 11.7. The summed E-state index contributed by atoms with van der Waals surface area (Å²) < 4.78 is 2.29. The van der Waals surface area contributed by atoms with Crippen molar-refractivity contribution in [3.63, 3.8) is 0 Å². The predicted octanol–water partition coefficient (Wildman–Crippen LogP) is 3.28. The van der Waals surface area contributed by atoms with E-state index >= 15 is 0 Å². The second-order valence-corrected chi connectivity index (χ2v) is 6.42. The molecule has 0 aliphatic heterocycles. The van der Waals surface area contributed by atoms with Crippen LogP contribution in [0.5, 0.6) is 0 Å². The Morgan fingerprint density at radius 1 is 1.32 bits per heavy atom. The lowest BCUT2D eigenvalue weighted by atomic mass is 10.1. The van der Waals surface area contributed by atoms with Crippen LogP contribution in [0.25, 0.3) is 0 Å². The third-order valence-corrected chi connectivity index (χ3v) is 3.03. The summed E-state index contributed by atoms with van der Waals surface area (Å²) in [7, 11) is 0. The molecule has 0 aliphatic carbocycles. The third-order valence-electron chi connectivity index (χ3n) is 3.03. The van der Waals surface area contributed by atoms with Gasteiger partial charge in [-0.3, -0.25) is 0 Å². The Labute approximate surface area is 116 Å². The lowest BCUT2D eigenvalue weighted by molar-refractivity contribution is 0.231. The normalized spacial score (nSPS) is 11.8. The zero-order valence-corrected chi connectivity index (χ0v) is 13.2. The van der Waals surface area contributed by atoms with Gasteiger partial charge in [-0.15, -0.1) is 0 Å². The molecule has 1 aromatic rings. The summed E-state index contributed by atoms with van der Waals surface area (Å²) in [5, 5.41) is 5.81. The summed E-state index contributed by atoms with van der Waals surface area (Å²) in [6.07, 6.45) is 0. The molecule has 0 saturated carbocycles.